The van der Waals surface area contributed by atoms with Gasteiger partial charge < -0.3 is 15.2 Å². The summed E-state index contributed by atoms with van der Waals surface area (Å²) in [6, 6.07) is 6.77. The summed E-state index contributed by atoms with van der Waals surface area (Å²) in [6.45, 7) is 0. The standard InChI is InChI=1S/C15H14N2O4/c1-20-13(18)10-7-9-3-2-6-17-12(9)11(8-10)21-15(4-5-15)14(16)19/h2-3,6-8H,4-5H2,1H3,(H2,16,19). The second-order valence-electron chi connectivity index (χ2n) is 5.00. The first-order valence-electron chi connectivity index (χ1n) is 6.52. The summed E-state index contributed by atoms with van der Waals surface area (Å²) in [4.78, 5) is 27.5. The monoisotopic (exact) mass is 286 g/mol. The fourth-order valence-electron chi connectivity index (χ4n) is 2.20. The van der Waals surface area contributed by atoms with Crippen molar-refractivity contribution >= 4 is 22.8 Å². The Morgan fingerprint density at radius 1 is 1.33 bits per heavy atom. The molecule has 1 heterocycles. The molecule has 1 amide bonds. The number of nitrogens with zero attached hydrogens (tertiary/aromatic N) is 1. The summed E-state index contributed by atoms with van der Waals surface area (Å²) in [7, 11) is 1.31. The number of esters is 1. The number of rotatable bonds is 4. The SMILES string of the molecule is COC(=O)c1cc(OC2(C(N)=O)CC2)c2ncccc2c1. The lowest BCUT2D eigenvalue weighted by atomic mass is 10.1. The number of ether oxygens (including phenoxy) is 2. The van der Waals surface area contributed by atoms with E-state index < -0.39 is 17.5 Å². The Balaban J connectivity index is 2.11. The molecule has 21 heavy (non-hydrogen) atoms. The van der Waals surface area contributed by atoms with Crippen molar-refractivity contribution in [1.82, 2.24) is 4.98 Å². The third kappa shape index (κ3) is 2.29. The minimum atomic E-state index is -0.973. The fraction of sp³-hybridized carbons (Fsp3) is 0.267. The van der Waals surface area contributed by atoms with E-state index in [1.807, 2.05) is 6.07 Å². The average Bonchev–Trinajstić information content (AvgIpc) is 3.27. The third-order valence-corrected chi connectivity index (χ3v) is 3.55. The quantitative estimate of drug-likeness (QED) is 0.858. The minimum Gasteiger partial charge on any atom is -0.475 e. The fourth-order valence-corrected chi connectivity index (χ4v) is 2.20. The first kappa shape index (κ1) is 13.4. The van der Waals surface area contributed by atoms with Crippen molar-refractivity contribution in [2.24, 2.45) is 5.73 Å². The molecule has 3 rings (SSSR count). The molecule has 1 aliphatic carbocycles. The van der Waals surface area contributed by atoms with Crippen molar-refractivity contribution < 1.29 is 19.1 Å². The summed E-state index contributed by atoms with van der Waals surface area (Å²) >= 11 is 0. The Morgan fingerprint density at radius 2 is 2.10 bits per heavy atom. The molecule has 0 saturated heterocycles. The van der Waals surface area contributed by atoms with Gasteiger partial charge in [-0.05, 0) is 18.2 Å². The average molecular weight is 286 g/mol. The Bertz CT molecular complexity index is 738. The molecule has 1 aromatic carbocycles. The molecule has 0 bridgehead atoms. The zero-order valence-electron chi connectivity index (χ0n) is 11.5. The van der Waals surface area contributed by atoms with Gasteiger partial charge in [-0.1, -0.05) is 6.07 Å². The van der Waals surface area contributed by atoms with Gasteiger partial charge in [0.2, 0.25) is 0 Å². The molecular formula is C15H14N2O4. The molecule has 6 heteroatoms. The van der Waals surface area contributed by atoms with Crippen LogP contribution in [0, 0.1) is 0 Å². The van der Waals surface area contributed by atoms with Crippen LogP contribution in [0.1, 0.15) is 23.2 Å². The molecule has 6 nitrogen and oxygen atoms in total. The molecule has 1 saturated carbocycles. The number of amides is 1. The van der Waals surface area contributed by atoms with E-state index in [2.05, 4.69) is 4.98 Å². The molecule has 2 aromatic rings. The summed E-state index contributed by atoms with van der Waals surface area (Å²) in [5.41, 5.74) is 5.32. The van der Waals surface area contributed by atoms with Crippen LogP contribution < -0.4 is 10.5 Å². The first-order chi connectivity index (χ1) is 10.1. The number of hydrogen-bond donors (Lipinski definition) is 1. The van der Waals surface area contributed by atoms with Crippen LogP contribution in [-0.2, 0) is 9.53 Å². The van der Waals surface area contributed by atoms with Gasteiger partial charge in [-0.15, -0.1) is 0 Å². The molecule has 0 spiro atoms. The largest absolute Gasteiger partial charge is 0.475 e. The van der Waals surface area contributed by atoms with Crippen LogP contribution in [0.3, 0.4) is 0 Å². The van der Waals surface area contributed by atoms with E-state index in [9.17, 15) is 9.59 Å². The van der Waals surface area contributed by atoms with Gasteiger partial charge >= 0.3 is 5.97 Å². The van der Waals surface area contributed by atoms with Crippen molar-refractivity contribution in [1.29, 1.82) is 0 Å². The molecule has 108 valence electrons. The molecule has 2 N–H and O–H groups in total. The number of primary amides is 1. The highest BCUT2D eigenvalue weighted by Gasteiger charge is 2.52. The van der Waals surface area contributed by atoms with Crippen molar-refractivity contribution in [2.75, 3.05) is 7.11 Å². The number of hydrogen-bond acceptors (Lipinski definition) is 5. The Labute approximate surface area is 120 Å². The second-order valence-corrected chi connectivity index (χ2v) is 5.00. The lowest BCUT2D eigenvalue weighted by molar-refractivity contribution is -0.126. The lowest BCUT2D eigenvalue weighted by Gasteiger charge is -2.16. The van der Waals surface area contributed by atoms with Crippen molar-refractivity contribution in [2.45, 2.75) is 18.4 Å². The highest BCUT2D eigenvalue weighted by atomic mass is 16.5. The minimum absolute atomic E-state index is 0.341. The number of fused-ring (bicyclic) bond motifs is 1. The molecular weight excluding hydrogens is 272 g/mol. The van der Waals surface area contributed by atoms with Crippen molar-refractivity contribution in [3.63, 3.8) is 0 Å². The molecule has 1 aliphatic rings. The Kier molecular flexibility index (Phi) is 3.01. The van der Waals surface area contributed by atoms with Crippen molar-refractivity contribution in [3.05, 3.63) is 36.0 Å². The van der Waals surface area contributed by atoms with Gasteiger partial charge in [-0.25, -0.2) is 4.79 Å². The highest BCUT2D eigenvalue weighted by Crippen LogP contribution is 2.41. The maximum Gasteiger partial charge on any atom is 0.338 e. The maximum atomic E-state index is 11.7. The van der Waals surface area contributed by atoms with Crippen LogP contribution >= 0.6 is 0 Å². The van der Waals surface area contributed by atoms with Crippen LogP contribution in [0.4, 0.5) is 0 Å². The van der Waals surface area contributed by atoms with Crippen LogP contribution in [0.15, 0.2) is 30.5 Å². The van der Waals surface area contributed by atoms with Crippen LogP contribution in [0.25, 0.3) is 10.9 Å². The van der Waals surface area contributed by atoms with E-state index in [1.165, 1.54) is 13.2 Å². The van der Waals surface area contributed by atoms with Crippen LogP contribution in [0.5, 0.6) is 5.75 Å². The smallest absolute Gasteiger partial charge is 0.338 e. The van der Waals surface area contributed by atoms with Crippen LogP contribution in [0.2, 0.25) is 0 Å². The van der Waals surface area contributed by atoms with E-state index in [0.29, 0.717) is 29.7 Å². The number of carbonyl (C=O) groups excluding carboxylic acids is 2. The number of aromatic nitrogens is 1. The Morgan fingerprint density at radius 3 is 2.71 bits per heavy atom. The normalized spacial score (nSPS) is 15.5. The molecule has 0 unspecified atom stereocenters. The molecule has 0 aliphatic heterocycles. The highest BCUT2D eigenvalue weighted by molar-refractivity contribution is 5.97. The molecule has 1 fully saturated rings. The number of nitrogens with two attached hydrogens (primary N) is 1. The number of pyridine rings is 1. The van der Waals surface area contributed by atoms with Gasteiger partial charge in [-0.2, -0.15) is 0 Å². The van der Waals surface area contributed by atoms with Gasteiger partial charge in [0.05, 0.1) is 12.7 Å². The summed E-state index contributed by atoms with van der Waals surface area (Å²) in [6.07, 6.45) is 2.76. The van der Waals surface area contributed by atoms with Crippen LogP contribution in [-0.4, -0.2) is 29.6 Å². The summed E-state index contributed by atoms with van der Waals surface area (Å²) in [5.74, 6) is -0.616. The van der Waals surface area contributed by atoms with E-state index in [-0.39, 0.29) is 0 Å². The lowest BCUT2D eigenvalue weighted by Crippen LogP contribution is -2.36. The molecule has 0 atom stereocenters. The number of benzene rings is 1. The number of carbonyl (C=O) groups is 2. The first-order valence-corrected chi connectivity index (χ1v) is 6.52. The van der Waals surface area contributed by atoms with Gasteiger partial charge in [0, 0.05) is 24.4 Å². The summed E-state index contributed by atoms with van der Waals surface area (Å²) in [5, 5.41) is 0.732. The zero-order valence-corrected chi connectivity index (χ0v) is 11.5. The van der Waals surface area contributed by atoms with E-state index in [1.54, 1.807) is 18.3 Å². The zero-order chi connectivity index (χ0) is 15.0. The van der Waals surface area contributed by atoms with E-state index in [0.717, 1.165) is 5.39 Å². The predicted octanol–water partition coefficient (Wildman–Crippen LogP) is 1.42. The van der Waals surface area contributed by atoms with E-state index in [4.69, 9.17) is 15.2 Å². The third-order valence-electron chi connectivity index (χ3n) is 3.55. The van der Waals surface area contributed by atoms with Gasteiger partial charge in [0.15, 0.2) is 5.60 Å². The topological polar surface area (TPSA) is 91.5 Å². The summed E-state index contributed by atoms with van der Waals surface area (Å²) < 4.78 is 10.5. The Hall–Kier alpha value is -2.63. The van der Waals surface area contributed by atoms with Gasteiger partial charge in [0.25, 0.3) is 5.91 Å². The maximum absolute atomic E-state index is 11.7. The molecule has 0 radical (unpaired) electrons. The predicted molar refractivity (Wildman–Crippen MR) is 74.9 cm³/mol. The molecule has 1 aromatic heterocycles. The number of methoxy groups -OCH3 is 1. The van der Waals surface area contributed by atoms with E-state index >= 15 is 0 Å². The second kappa shape index (κ2) is 4.73. The van der Waals surface area contributed by atoms with Crippen molar-refractivity contribution in [3.8, 4) is 5.75 Å². The van der Waals surface area contributed by atoms with Gasteiger partial charge in [0.1, 0.15) is 11.3 Å². The van der Waals surface area contributed by atoms with Gasteiger partial charge in [-0.3, -0.25) is 9.78 Å².